The molecule has 0 bridgehead atoms. The highest BCUT2D eigenvalue weighted by Crippen LogP contribution is 2.20. The highest BCUT2D eigenvalue weighted by molar-refractivity contribution is 5.89. The van der Waals surface area contributed by atoms with Crippen LogP contribution in [0.25, 0.3) is 0 Å². The lowest BCUT2D eigenvalue weighted by atomic mass is 10.2. The number of amides is 2. The van der Waals surface area contributed by atoms with Crippen molar-refractivity contribution in [3.8, 4) is 0 Å². The summed E-state index contributed by atoms with van der Waals surface area (Å²) in [5, 5.41) is 2.64. The number of halogens is 1. The van der Waals surface area contributed by atoms with Crippen LogP contribution in [-0.4, -0.2) is 62.1 Å². The number of hydrogen-bond acceptors (Lipinski definition) is 4. The predicted octanol–water partition coefficient (Wildman–Crippen LogP) is -0.0107. The van der Waals surface area contributed by atoms with Crippen molar-refractivity contribution in [3.63, 3.8) is 0 Å². The summed E-state index contributed by atoms with van der Waals surface area (Å²) in [6.07, 6.45) is 0. The molecule has 3 rings (SSSR count). The molecule has 0 aliphatic carbocycles. The number of carbonyl (C=O) groups excluding carboxylic acids is 2. The molecule has 0 saturated carbocycles. The molecule has 2 fully saturated rings. The van der Waals surface area contributed by atoms with E-state index in [1.54, 1.807) is 23.1 Å². The van der Waals surface area contributed by atoms with Crippen molar-refractivity contribution in [2.45, 2.75) is 6.04 Å². The van der Waals surface area contributed by atoms with Gasteiger partial charge in [-0.25, -0.2) is 4.39 Å². The van der Waals surface area contributed by atoms with Gasteiger partial charge in [0.25, 0.3) is 0 Å². The van der Waals surface area contributed by atoms with Crippen LogP contribution in [0.2, 0.25) is 0 Å². The van der Waals surface area contributed by atoms with E-state index >= 15 is 0 Å². The quantitative estimate of drug-likeness (QED) is 0.835. The van der Waals surface area contributed by atoms with Crippen LogP contribution in [0.3, 0.4) is 0 Å². The van der Waals surface area contributed by atoms with E-state index in [9.17, 15) is 14.0 Å². The van der Waals surface area contributed by atoms with Crippen molar-refractivity contribution >= 4 is 17.5 Å². The Morgan fingerprint density at radius 2 is 1.95 bits per heavy atom. The van der Waals surface area contributed by atoms with E-state index in [2.05, 4.69) is 5.32 Å². The normalized spacial score (nSPS) is 22.4. The molecule has 2 aliphatic rings. The van der Waals surface area contributed by atoms with E-state index in [1.165, 1.54) is 6.07 Å². The van der Waals surface area contributed by atoms with Crippen LogP contribution in [0.1, 0.15) is 0 Å². The fourth-order valence-corrected chi connectivity index (χ4v) is 2.78. The molecular weight excluding hydrogens is 289 g/mol. The first-order valence-corrected chi connectivity index (χ1v) is 7.30. The van der Waals surface area contributed by atoms with Crippen LogP contribution in [0, 0.1) is 5.82 Å². The van der Waals surface area contributed by atoms with Crippen molar-refractivity contribution in [3.05, 3.63) is 30.1 Å². The summed E-state index contributed by atoms with van der Waals surface area (Å²) in [4.78, 5) is 27.2. The highest BCUT2D eigenvalue weighted by atomic mass is 19.1. The first-order chi connectivity index (χ1) is 10.6. The summed E-state index contributed by atoms with van der Waals surface area (Å²) in [5.74, 6) is -0.661. The maximum atomic E-state index is 13.8. The summed E-state index contributed by atoms with van der Waals surface area (Å²) in [6, 6.07) is 6.01. The number of anilines is 1. The third-order valence-corrected chi connectivity index (χ3v) is 3.94. The number of nitrogens with zero attached hydrogens (tertiary/aromatic N) is 2. The first kappa shape index (κ1) is 14.8. The van der Waals surface area contributed by atoms with E-state index in [0.29, 0.717) is 31.9 Å². The van der Waals surface area contributed by atoms with Crippen molar-refractivity contribution in [1.82, 2.24) is 10.2 Å². The molecule has 2 heterocycles. The average Bonchev–Trinajstić information content (AvgIpc) is 2.55. The average molecular weight is 307 g/mol. The number of para-hydroxylation sites is 1. The summed E-state index contributed by atoms with van der Waals surface area (Å²) < 4.78 is 18.9. The number of ether oxygens (including phenoxy) is 1. The Morgan fingerprint density at radius 1 is 1.23 bits per heavy atom. The Hall–Kier alpha value is -2.15. The van der Waals surface area contributed by atoms with Gasteiger partial charge in [0.15, 0.2) is 0 Å². The maximum absolute atomic E-state index is 13.8. The van der Waals surface area contributed by atoms with Crippen LogP contribution in [0.4, 0.5) is 10.1 Å². The molecule has 0 radical (unpaired) electrons. The van der Waals surface area contributed by atoms with Gasteiger partial charge in [0, 0.05) is 26.2 Å². The minimum absolute atomic E-state index is 0.00480. The highest BCUT2D eigenvalue weighted by Gasteiger charge is 2.31. The fraction of sp³-hybridized carbons (Fsp3) is 0.467. The second-order valence-corrected chi connectivity index (χ2v) is 5.40. The van der Waals surface area contributed by atoms with Gasteiger partial charge in [-0.05, 0) is 12.1 Å². The molecule has 2 saturated heterocycles. The zero-order valence-corrected chi connectivity index (χ0v) is 12.1. The van der Waals surface area contributed by atoms with Gasteiger partial charge in [-0.15, -0.1) is 0 Å². The van der Waals surface area contributed by atoms with E-state index in [4.69, 9.17) is 4.74 Å². The van der Waals surface area contributed by atoms with Gasteiger partial charge in [0.05, 0.1) is 12.3 Å². The molecule has 118 valence electrons. The van der Waals surface area contributed by atoms with Crippen molar-refractivity contribution in [2.75, 3.05) is 44.3 Å². The van der Waals surface area contributed by atoms with Crippen molar-refractivity contribution in [1.29, 1.82) is 0 Å². The molecular formula is C15H18FN3O3. The zero-order chi connectivity index (χ0) is 15.5. The van der Waals surface area contributed by atoms with Gasteiger partial charge < -0.3 is 19.9 Å². The van der Waals surface area contributed by atoms with Crippen LogP contribution in [-0.2, 0) is 14.3 Å². The van der Waals surface area contributed by atoms with E-state index < -0.39 is 6.04 Å². The third-order valence-electron chi connectivity index (χ3n) is 3.94. The number of rotatable bonds is 2. The maximum Gasteiger partial charge on any atom is 0.247 e. The van der Waals surface area contributed by atoms with Crippen molar-refractivity contribution in [2.24, 2.45) is 0 Å². The first-order valence-electron chi connectivity index (χ1n) is 7.30. The molecule has 1 aromatic rings. The van der Waals surface area contributed by atoms with Crippen LogP contribution >= 0.6 is 0 Å². The van der Waals surface area contributed by atoms with E-state index in [1.807, 2.05) is 4.90 Å². The van der Waals surface area contributed by atoms with Gasteiger partial charge in [-0.2, -0.15) is 0 Å². The van der Waals surface area contributed by atoms with Gasteiger partial charge in [-0.3, -0.25) is 9.59 Å². The summed E-state index contributed by atoms with van der Waals surface area (Å²) in [7, 11) is 0. The Kier molecular flexibility index (Phi) is 4.24. The summed E-state index contributed by atoms with van der Waals surface area (Å²) >= 11 is 0. The molecule has 0 aromatic heterocycles. The Bertz CT molecular complexity index is 573. The second-order valence-electron chi connectivity index (χ2n) is 5.40. The standard InChI is InChI=1S/C15H18FN3O3/c16-11-3-1-2-4-13(11)18-5-7-19(8-6-18)15(21)12-9-22-10-14(20)17-12/h1-4,12H,5-10H2,(H,17,20). The number of carbonyl (C=O) groups is 2. The number of benzene rings is 1. The number of morpholine rings is 1. The minimum atomic E-state index is -0.610. The van der Waals surface area contributed by atoms with Crippen molar-refractivity contribution < 1.29 is 18.7 Å². The summed E-state index contributed by atoms with van der Waals surface area (Å²) in [6.45, 7) is 2.34. The Balaban J connectivity index is 1.58. The minimum Gasteiger partial charge on any atom is -0.369 e. The van der Waals surface area contributed by atoms with Gasteiger partial charge >= 0.3 is 0 Å². The molecule has 2 aliphatic heterocycles. The molecule has 6 nitrogen and oxygen atoms in total. The third kappa shape index (κ3) is 3.04. The topological polar surface area (TPSA) is 61.9 Å². The smallest absolute Gasteiger partial charge is 0.247 e. The Morgan fingerprint density at radius 3 is 2.64 bits per heavy atom. The molecule has 0 spiro atoms. The van der Waals surface area contributed by atoms with E-state index in [-0.39, 0.29) is 30.8 Å². The van der Waals surface area contributed by atoms with E-state index in [0.717, 1.165) is 0 Å². The molecule has 2 amide bonds. The zero-order valence-electron chi connectivity index (χ0n) is 12.1. The molecule has 1 aromatic carbocycles. The number of piperazine rings is 1. The molecule has 7 heteroatoms. The molecule has 1 N–H and O–H groups in total. The Labute approximate surface area is 127 Å². The molecule has 22 heavy (non-hydrogen) atoms. The number of hydrogen-bond donors (Lipinski definition) is 1. The SMILES string of the molecule is O=C1COCC(C(=O)N2CCN(c3ccccc3F)CC2)N1. The van der Waals surface area contributed by atoms with Crippen LogP contribution in [0.15, 0.2) is 24.3 Å². The molecule has 1 unspecified atom stereocenters. The lowest BCUT2D eigenvalue weighted by Gasteiger charge is -2.38. The van der Waals surface area contributed by atoms with Gasteiger partial charge in [-0.1, -0.05) is 12.1 Å². The predicted molar refractivity (Wildman–Crippen MR) is 77.9 cm³/mol. The largest absolute Gasteiger partial charge is 0.369 e. The fourth-order valence-electron chi connectivity index (χ4n) is 2.78. The molecule has 1 atom stereocenters. The number of nitrogens with one attached hydrogen (secondary N) is 1. The summed E-state index contributed by atoms with van der Waals surface area (Å²) in [5.41, 5.74) is 0.559. The lowest BCUT2D eigenvalue weighted by Crippen LogP contribution is -2.58. The van der Waals surface area contributed by atoms with Gasteiger partial charge in [0.2, 0.25) is 11.8 Å². The van der Waals surface area contributed by atoms with Crippen LogP contribution < -0.4 is 10.2 Å². The lowest BCUT2D eigenvalue weighted by molar-refractivity contribution is -0.144. The monoisotopic (exact) mass is 307 g/mol. The van der Waals surface area contributed by atoms with Crippen LogP contribution in [0.5, 0.6) is 0 Å². The van der Waals surface area contributed by atoms with Gasteiger partial charge in [0.1, 0.15) is 18.5 Å². The second kappa shape index (κ2) is 6.31.